The molecule has 0 radical (unpaired) electrons. The van der Waals surface area contributed by atoms with E-state index in [1.165, 1.54) is 32.1 Å². The van der Waals surface area contributed by atoms with Gasteiger partial charge in [0.05, 0.1) is 5.69 Å². The Morgan fingerprint density at radius 3 is 2.62 bits per heavy atom. The molecule has 1 aromatic heterocycles. The second-order valence-electron chi connectivity index (χ2n) is 4.33. The van der Waals surface area contributed by atoms with Gasteiger partial charge in [0.25, 0.3) is 0 Å². The largest absolute Gasteiger partial charge is 0.368 e. The Hall–Kier alpha value is -0.770. The lowest BCUT2D eigenvalue weighted by atomic mass is 9.87. The zero-order chi connectivity index (χ0) is 11.2. The zero-order valence-electron chi connectivity index (χ0n) is 9.52. The molecule has 1 saturated carbocycles. The van der Waals surface area contributed by atoms with Crippen LogP contribution in [0, 0.1) is 0 Å². The molecule has 1 heterocycles. The minimum atomic E-state index is 0.639. The summed E-state index contributed by atoms with van der Waals surface area (Å²) in [5.74, 6) is 2.31. The quantitative estimate of drug-likeness (QED) is 0.791. The Kier molecular flexibility index (Phi) is 4.45. The molecule has 1 N–H and O–H groups in total. The Balaban J connectivity index is 1.95. The summed E-state index contributed by atoms with van der Waals surface area (Å²) in [5, 5.41) is 11.7. The molecule has 0 spiro atoms. The standard InChI is InChI=1S/C12H19N3S/c16-9-8-13-12-7-6-11(14-15-12)10-4-2-1-3-5-10/h6-7,10,16H,1-5,8-9H2,(H,13,15). The number of rotatable bonds is 4. The van der Waals surface area contributed by atoms with Gasteiger partial charge in [-0.05, 0) is 25.0 Å². The van der Waals surface area contributed by atoms with E-state index in [1.54, 1.807) is 0 Å². The van der Waals surface area contributed by atoms with Gasteiger partial charge in [0.15, 0.2) is 0 Å². The molecule has 1 aliphatic rings. The van der Waals surface area contributed by atoms with Gasteiger partial charge in [-0.15, -0.1) is 5.10 Å². The van der Waals surface area contributed by atoms with Crippen molar-refractivity contribution in [1.29, 1.82) is 0 Å². The third kappa shape index (κ3) is 3.11. The Bertz CT molecular complexity index is 307. The molecule has 88 valence electrons. The molecule has 0 atom stereocenters. The van der Waals surface area contributed by atoms with Gasteiger partial charge in [-0.3, -0.25) is 0 Å². The predicted molar refractivity (Wildman–Crippen MR) is 70.2 cm³/mol. The van der Waals surface area contributed by atoms with Gasteiger partial charge >= 0.3 is 0 Å². The fourth-order valence-electron chi connectivity index (χ4n) is 2.24. The molecular formula is C12H19N3S. The van der Waals surface area contributed by atoms with Crippen molar-refractivity contribution in [1.82, 2.24) is 10.2 Å². The molecule has 1 aliphatic carbocycles. The maximum absolute atomic E-state index is 4.32. The van der Waals surface area contributed by atoms with Crippen LogP contribution in [0.25, 0.3) is 0 Å². The van der Waals surface area contributed by atoms with Crippen LogP contribution in [-0.2, 0) is 0 Å². The van der Waals surface area contributed by atoms with Crippen LogP contribution in [0.2, 0.25) is 0 Å². The summed E-state index contributed by atoms with van der Waals surface area (Å²) in [6, 6.07) is 4.14. The fourth-order valence-corrected chi connectivity index (χ4v) is 2.35. The first-order chi connectivity index (χ1) is 7.90. The van der Waals surface area contributed by atoms with E-state index in [2.05, 4.69) is 34.2 Å². The van der Waals surface area contributed by atoms with Gasteiger partial charge in [-0.2, -0.15) is 17.7 Å². The molecule has 0 amide bonds. The molecule has 2 rings (SSSR count). The van der Waals surface area contributed by atoms with Crippen molar-refractivity contribution in [3.05, 3.63) is 17.8 Å². The lowest BCUT2D eigenvalue weighted by Crippen LogP contribution is -2.09. The van der Waals surface area contributed by atoms with Gasteiger partial charge < -0.3 is 5.32 Å². The molecule has 1 fully saturated rings. The summed E-state index contributed by atoms with van der Waals surface area (Å²) in [6.45, 7) is 0.834. The minimum Gasteiger partial charge on any atom is -0.368 e. The molecule has 0 bridgehead atoms. The lowest BCUT2D eigenvalue weighted by molar-refractivity contribution is 0.434. The topological polar surface area (TPSA) is 37.8 Å². The van der Waals surface area contributed by atoms with Crippen LogP contribution in [0.4, 0.5) is 5.82 Å². The van der Waals surface area contributed by atoms with Crippen LogP contribution in [-0.4, -0.2) is 22.5 Å². The first kappa shape index (κ1) is 11.7. The van der Waals surface area contributed by atoms with Crippen molar-refractivity contribution in [2.45, 2.75) is 38.0 Å². The second-order valence-corrected chi connectivity index (χ2v) is 4.78. The first-order valence-electron chi connectivity index (χ1n) is 6.08. The van der Waals surface area contributed by atoms with Crippen molar-refractivity contribution < 1.29 is 0 Å². The monoisotopic (exact) mass is 237 g/mol. The number of nitrogens with one attached hydrogen (secondary N) is 1. The van der Waals surface area contributed by atoms with Crippen molar-refractivity contribution >= 4 is 18.4 Å². The maximum Gasteiger partial charge on any atom is 0.148 e. The van der Waals surface area contributed by atoms with Gasteiger partial charge in [0, 0.05) is 18.2 Å². The van der Waals surface area contributed by atoms with Crippen LogP contribution < -0.4 is 5.32 Å². The average molecular weight is 237 g/mol. The highest BCUT2D eigenvalue weighted by Crippen LogP contribution is 2.31. The Morgan fingerprint density at radius 2 is 2.00 bits per heavy atom. The Labute approximate surface area is 102 Å². The van der Waals surface area contributed by atoms with Crippen LogP contribution in [0.3, 0.4) is 0 Å². The highest BCUT2D eigenvalue weighted by atomic mass is 32.1. The number of nitrogens with zero attached hydrogens (tertiary/aromatic N) is 2. The molecule has 4 heteroatoms. The first-order valence-corrected chi connectivity index (χ1v) is 6.72. The zero-order valence-corrected chi connectivity index (χ0v) is 10.4. The van der Waals surface area contributed by atoms with Crippen LogP contribution >= 0.6 is 12.6 Å². The van der Waals surface area contributed by atoms with Crippen molar-refractivity contribution in [3.63, 3.8) is 0 Å². The summed E-state index contributed by atoms with van der Waals surface area (Å²) in [5.41, 5.74) is 1.16. The number of aromatic nitrogens is 2. The predicted octanol–water partition coefficient (Wildman–Crippen LogP) is 2.87. The highest BCUT2D eigenvalue weighted by molar-refractivity contribution is 7.80. The number of hydrogen-bond acceptors (Lipinski definition) is 4. The number of anilines is 1. The fraction of sp³-hybridized carbons (Fsp3) is 0.667. The molecule has 0 unspecified atom stereocenters. The van der Waals surface area contributed by atoms with Crippen molar-refractivity contribution in [2.75, 3.05) is 17.6 Å². The Morgan fingerprint density at radius 1 is 1.19 bits per heavy atom. The minimum absolute atomic E-state index is 0.639. The molecule has 0 aromatic carbocycles. The smallest absolute Gasteiger partial charge is 0.148 e. The number of thiol groups is 1. The van der Waals surface area contributed by atoms with Gasteiger partial charge in [0.1, 0.15) is 5.82 Å². The maximum atomic E-state index is 4.32. The second kappa shape index (κ2) is 6.09. The van der Waals surface area contributed by atoms with Crippen LogP contribution in [0.15, 0.2) is 12.1 Å². The third-order valence-corrected chi connectivity index (χ3v) is 3.35. The third-order valence-electron chi connectivity index (χ3n) is 3.13. The summed E-state index contributed by atoms with van der Waals surface area (Å²) in [7, 11) is 0. The van der Waals surface area contributed by atoms with E-state index in [0.717, 1.165) is 23.8 Å². The van der Waals surface area contributed by atoms with E-state index in [9.17, 15) is 0 Å². The molecule has 0 saturated heterocycles. The van der Waals surface area contributed by atoms with E-state index in [0.29, 0.717) is 5.92 Å². The SMILES string of the molecule is SCCNc1ccc(C2CCCCC2)nn1. The summed E-state index contributed by atoms with van der Waals surface area (Å²) >= 11 is 4.14. The molecule has 16 heavy (non-hydrogen) atoms. The van der Waals surface area contributed by atoms with E-state index >= 15 is 0 Å². The highest BCUT2D eigenvalue weighted by Gasteiger charge is 2.16. The van der Waals surface area contributed by atoms with E-state index in [4.69, 9.17) is 0 Å². The van der Waals surface area contributed by atoms with Crippen LogP contribution in [0.5, 0.6) is 0 Å². The molecule has 3 nitrogen and oxygen atoms in total. The van der Waals surface area contributed by atoms with Crippen molar-refractivity contribution in [3.8, 4) is 0 Å². The van der Waals surface area contributed by atoms with Crippen molar-refractivity contribution in [2.24, 2.45) is 0 Å². The van der Waals surface area contributed by atoms with E-state index < -0.39 is 0 Å². The summed E-state index contributed by atoms with van der Waals surface area (Å²) in [4.78, 5) is 0. The summed E-state index contributed by atoms with van der Waals surface area (Å²) < 4.78 is 0. The molecule has 0 aliphatic heterocycles. The lowest BCUT2D eigenvalue weighted by Gasteiger charge is -2.20. The van der Waals surface area contributed by atoms with Crippen LogP contribution in [0.1, 0.15) is 43.7 Å². The molecule has 1 aromatic rings. The summed E-state index contributed by atoms with van der Waals surface area (Å²) in [6.07, 6.45) is 6.61. The van der Waals surface area contributed by atoms with Gasteiger partial charge in [-0.25, -0.2) is 0 Å². The molecular weight excluding hydrogens is 218 g/mol. The van der Waals surface area contributed by atoms with Gasteiger partial charge in [-0.1, -0.05) is 19.3 Å². The van der Waals surface area contributed by atoms with E-state index in [-0.39, 0.29) is 0 Å². The van der Waals surface area contributed by atoms with Gasteiger partial charge in [0.2, 0.25) is 0 Å². The van der Waals surface area contributed by atoms with E-state index in [1.807, 2.05) is 6.07 Å². The number of hydrogen-bond donors (Lipinski definition) is 2. The average Bonchev–Trinajstić information content (AvgIpc) is 2.38. The normalized spacial score (nSPS) is 17.3.